The molecule has 25 heavy (non-hydrogen) atoms. The van der Waals surface area contributed by atoms with E-state index in [2.05, 4.69) is 33.8 Å². The van der Waals surface area contributed by atoms with E-state index in [0.717, 1.165) is 38.5 Å². The molecule has 0 radical (unpaired) electrons. The van der Waals surface area contributed by atoms with E-state index in [1.54, 1.807) is 0 Å². The smallest absolute Gasteiger partial charge is 0.223 e. The number of likely N-dealkylation sites (tertiary alicyclic amines) is 1. The number of nitrogens with zero attached hydrogens (tertiary/aromatic N) is 5. The van der Waals surface area contributed by atoms with Crippen molar-refractivity contribution in [1.29, 1.82) is 0 Å². The minimum atomic E-state index is 0.292. The molecule has 3 heterocycles. The van der Waals surface area contributed by atoms with Gasteiger partial charge >= 0.3 is 0 Å². The molecular formula is C19H31N5O. The fourth-order valence-electron chi connectivity index (χ4n) is 3.77. The molecule has 2 aliphatic heterocycles. The molecule has 1 aromatic rings. The van der Waals surface area contributed by atoms with Crippen molar-refractivity contribution in [2.24, 2.45) is 0 Å². The molecule has 0 saturated carbocycles. The van der Waals surface area contributed by atoms with Crippen molar-refractivity contribution >= 4 is 11.7 Å². The van der Waals surface area contributed by atoms with Crippen LogP contribution in [0, 0.1) is 0 Å². The van der Waals surface area contributed by atoms with Gasteiger partial charge in [0.25, 0.3) is 0 Å². The lowest BCUT2D eigenvalue weighted by atomic mass is 10.0. The zero-order chi connectivity index (χ0) is 17.6. The Labute approximate surface area is 151 Å². The maximum Gasteiger partial charge on any atom is 0.223 e. The van der Waals surface area contributed by atoms with Gasteiger partial charge in [0.2, 0.25) is 5.91 Å². The molecule has 138 valence electrons. The quantitative estimate of drug-likeness (QED) is 0.801. The van der Waals surface area contributed by atoms with Crippen molar-refractivity contribution in [3.63, 3.8) is 0 Å². The molecule has 2 aliphatic rings. The predicted molar refractivity (Wildman–Crippen MR) is 101 cm³/mol. The van der Waals surface area contributed by atoms with E-state index in [1.807, 2.05) is 29.3 Å². The highest BCUT2D eigenvalue weighted by Gasteiger charge is 2.24. The van der Waals surface area contributed by atoms with Gasteiger partial charge in [-0.15, -0.1) is 0 Å². The minimum Gasteiger partial charge on any atom is -0.353 e. The lowest BCUT2D eigenvalue weighted by molar-refractivity contribution is -0.131. The second-order valence-electron chi connectivity index (χ2n) is 7.32. The number of aromatic nitrogens is 1. The molecule has 0 atom stereocenters. The Hall–Kier alpha value is -1.66. The third-order valence-electron chi connectivity index (χ3n) is 5.60. The molecule has 2 fully saturated rings. The number of amides is 1. The lowest BCUT2D eigenvalue weighted by Crippen LogP contribution is -2.50. The summed E-state index contributed by atoms with van der Waals surface area (Å²) in [4.78, 5) is 26.0. The van der Waals surface area contributed by atoms with E-state index in [-0.39, 0.29) is 0 Å². The van der Waals surface area contributed by atoms with Crippen LogP contribution in [0.4, 0.5) is 5.82 Å². The molecule has 2 saturated heterocycles. The van der Waals surface area contributed by atoms with Gasteiger partial charge in [0.15, 0.2) is 0 Å². The summed E-state index contributed by atoms with van der Waals surface area (Å²) in [5.74, 6) is 1.30. The van der Waals surface area contributed by atoms with Gasteiger partial charge in [-0.2, -0.15) is 0 Å². The van der Waals surface area contributed by atoms with Crippen LogP contribution in [0.25, 0.3) is 0 Å². The van der Waals surface area contributed by atoms with Crippen LogP contribution < -0.4 is 4.90 Å². The SMILES string of the molecule is CN1CCC(N(C)CCC(=O)N2CCN(c3ccccn3)CC2)CC1. The molecular weight excluding hydrogens is 314 g/mol. The average molecular weight is 345 g/mol. The molecule has 0 N–H and O–H groups in total. The van der Waals surface area contributed by atoms with Crippen molar-refractivity contribution < 1.29 is 4.79 Å². The second-order valence-corrected chi connectivity index (χ2v) is 7.32. The van der Waals surface area contributed by atoms with E-state index in [9.17, 15) is 4.79 Å². The maximum absolute atomic E-state index is 12.5. The highest BCUT2D eigenvalue weighted by molar-refractivity contribution is 5.76. The number of hydrogen-bond donors (Lipinski definition) is 0. The van der Waals surface area contributed by atoms with Crippen LogP contribution in [0.5, 0.6) is 0 Å². The normalized spacial score (nSPS) is 20.3. The van der Waals surface area contributed by atoms with E-state index in [1.165, 1.54) is 25.9 Å². The lowest BCUT2D eigenvalue weighted by Gasteiger charge is -2.37. The van der Waals surface area contributed by atoms with Crippen LogP contribution in [0.3, 0.4) is 0 Å². The first-order valence-corrected chi connectivity index (χ1v) is 9.46. The summed E-state index contributed by atoms with van der Waals surface area (Å²) in [6.45, 7) is 6.53. The summed E-state index contributed by atoms with van der Waals surface area (Å²) in [7, 11) is 4.35. The number of carbonyl (C=O) groups is 1. The molecule has 0 aromatic carbocycles. The monoisotopic (exact) mass is 345 g/mol. The Morgan fingerprint density at radius 3 is 2.52 bits per heavy atom. The minimum absolute atomic E-state index is 0.292. The Morgan fingerprint density at radius 1 is 1.16 bits per heavy atom. The van der Waals surface area contributed by atoms with Gasteiger partial charge in [-0.05, 0) is 52.2 Å². The Bertz CT molecular complexity index is 536. The summed E-state index contributed by atoms with van der Waals surface area (Å²) in [6.07, 6.45) is 4.88. The second kappa shape index (κ2) is 8.63. The molecule has 1 amide bonds. The Kier molecular flexibility index (Phi) is 6.26. The third-order valence-corrected chi connectivity index (χ3v) is 5.60. The van der Waals surface area contributed by atoms with Gasteiger partial charge in [0.1, 0.15) is 5.82 Å². The third kappa shape index (κ3) is 4.92. The summed E-state index contributed by atoms with van der Waals surface area (Å²) < 4.78 is 0. The number of piperidine rings is 1. The largest absolute Gasteiger partial charge is 0.353 e. The van der Waals surface area contributed by atoms with Crippen LogP contribution in [-0.4, -0.2) is 91.5 Å². The highest BCUT2D eigenvalue weighted by atomic mass is 16.2. The van der Waals surface area contributed by atoms with Crippen LogP contribution in [0.1, 0.15) is 19.3 Å². The molecule has 1 aromatic heterocycles. The van der Waals surface area contributed by atoms with Gasteiger partial charge in [-0.25, -0.2) is 4.98 Å². The zero-order valence-electron chi connectivity index (χ0n) is 15.6. The fraction of sp³-hybridized carbons (Fsp3) is 0.684. The van der Waals surface area contributed by atoms with E-state index < -0.39 is 0 Å². The summed E-state index contributed by atoms with van der Waals surface area (Å²) in [6, 6.07) is 6.61. The number of anilines is 1. The topological polar surface area (TPSA) is 42.9 Å². The molecule has 0 bridgehead atoms. The van der Waals surface area contributed by atoms with Crippen molar-refractivity contribution in [2.45, 2.75) is 25.3 Å². The molecule has 6 nitrogen and oxygen atoms in total. The van der Waals surface area contributed by atoms with Gasteiger partial charge < -0.3 is 19.6 Å². The van der Waals surface area contributed by atoms with Gasteiger partial charge in [-0.3, -0.25) is 4.79 Å². The van der Waals surface area contributed by atoms with E-state index in [0.29, 0.717) is 18.4 Å². The summed E-state index contributed by atoms with van der Waals surface area (Å²) in [5, 5.41) is 0. The Morgan fingerprint density at radius 2 is 1.88 bits per heavy atom. The van der Waals surface area contributed by atoms with Crippen molar-refractivity contribution in [3.8, 4) is 0 Å². The Balaban J connectivity index is 1.39. The fourth-order valence-corrected chi connectivity index (χ4v) is 3.77. The van der Waals surface area contributed by atoms with Crippen molar-refractivity contribution in [1.82, 2.24) is 19.7 Å². The van der Waals surface area contributed by atoms with E-state index >= 15 is 0 Å². The standard InChI is InChI=1S/C19H31N5O/c1-21-10-6-17(7-11-21)22(2)12-8-19(25)24-15-13-23(14-16-24)18-5-3-4-9-20-18/h3-5,9,17H,6-8,10-16H2,1-2H3. The van der Waals surface area contributed by atoms with Crippen LogP contribution >= 0.6 is 0 Å². The highest BCUT2D eigenvalue weighted by Crippen LogP contribution is 2.16. The molecule has 0 spiro atoms. The first-order chi connectivity index (χ1) is 12.1. The van der Waals surface area contributed by atoms with Gasteiger partial charge in [0.05, 0.1) is 0 Å². The summed E-state index contributed by atoms with van der Waals surface area (Å²) in [5.41, 5.74) is 0. The van der Waals surface area contributed by atoms with Crippen molar-refractivity contribution in [2.75, 3.05) is 64.8 Å². The van der Waals surface area contributed by atoms with E-state index in [4.69, 9.17) is 0 Å². The molecule has 3 rings (SSSR count). The number of pyridine rings is 1. The number of carbonyl (C=O) groups excluding carboxylic acids is 1. The number of rotatable bonds is 5. The summed E-state index contributed by atoms with van der Waals surface area (Å²) >= 11 is 0. The van der Waals surface area contributed by atoms with Crippen molar-refractivity contribution in [3.05, 3.63) is 24.4 Å². The van der Waals surface area contributed by atoms with Gasteiger partial charge in [-0.1, -0.05) is 6.07 Å². The van der Waals surface area contributed by atoms with Crippen LogP contribution in [0.15, 0.2) is 24.4 Å². The first-order valence-electron chi connectivity index (χ1n) is 9.46. The zero-order valence-corrected chi connectivity index (χ0v) is 15.6. The first kappa shape index (κ1) is 18.1. The van der Waals surface area contributed by atoms with Gasteiger partial charge in [0, 0.05) is 51.4 Å². The van der Waals surface area contributed by atoms with Crippen LogP contribution in [-0.2, 0) is 4.79 Å². The predicted octanol–water partition coefficient (Wildman–Crippen LogP) is 1.15. The number of hydrogen-bond acceptors (Lipinski definition) is 5. The van der Waals surface area contributed by atoms with Crippen LogP contribution in [0.2, 0.25) is 0 Å². The molecule has 0 aliphatic carbocycles. The molecule has 6 heteroatoms. The molecule has 0 unspecified atom stereocenters. The number of piperazine rings is 1. The maximum atomic E-state index is 12.5. The average Bonchev–Trinajstić information content (AvgIpc) is 2.67.